The molecule has 3 aromatic rings. The fourth-order valence-electron chi connectivity index (χ4n) is 2.16. The number of nitrogen functional groups attached to an aromatic ring is 1. The number of carbonyl (C=O) groups is 1. The van der Waals surface area contributed by atoms with E-state index in [0.717, 1.165) is 22.6 Å². The van der Waals surface area contributed by atoms with Gasteiger partial charge in [-0.25, -0.2) is 9.78 Å². The SMILES string of the molecule is COc1ccccc1-c1ccc2c(N)c(C(=O)O)sc2n1. The van der Waals surface area contributed by atoms with Gasteiger partial charge in [-0.3, -0.25) is 0 Å². The minimum atomic E-state index is -1.03. The van der Waals surface area contributed by atoms with E-state index >= 15 is 0 Å². The van der Waals surface area contributed by atoms with E-state index in [1.54, 1.807) is 13.2 Å². The maximum atomic E-state index is 11.1. The number of carboxylic acid groups (broad SMARTS) is 1. The van der Waals surface area contributed by atoms with Gasteiger partial charge < -0.3 is 15.6 Å². The molecule has 0 unspecified atom stereocenters. The number of aromatic nitrogens is 1. The van der Waals surface area contributed by atoms with Crippen LogP contribution in [0.4, 0.5) is 5.69 Å². The second kappa shape index (κ2) is 5.06. The number of thiophene rings is 1. The highest BCUT2D eigenvalue weighted by molar-refractivity contribution is 7.21. The van der Waals surface area contributed by atoms with Crippen LogP contribution < -0.4 is 10.5 Å². The summed E-state index contributed by atoms with van der Waals surface area (Å²) in [6.07, 6.45) is 0. The summed E-state index contributed by atoms with van der Waals surface area (Å²) in [6.45, 7) is 0. The van der Waals surface area contributed by atoms with E-state index in [1.807, 2.05) is 30.3 Å². The smallest absolute Gasteiger partial charge is 0.348 e. The van der Waals surface area contributed by atoms with Crippen LogP contribution in [0.15, 0.2) is 36.4 Å². The lowest BCUT2D eigenvalue weighted by atomic mass is 10.1. The van der Waals surface area contributed by atoms with E-state index in [1.165, 1.54) is 0 Å². The normalized spacial score (nSPS) is 10.7. The Morgan fingerprint density at radius 1 is 1.29 bits per heavy atom. The number of para-hydroxylation sites is 1. The Hall–Kier alpha value is -2.60. The Bertz CT molecular complexity index is 842. The second-order valence-electron chi connectivity index (χ2n) is 4.40. The van der Waals surface area contributed by atoms with Gasteiger partial charge in [0.05, 0.1) is 18.5 Å². The third kappa shape index (κ3) is 2.19. The van der Waals surface area contributed by atoms with Gasteiger partial charge in [0.15, 0.2) is 0 Å². The minimum Gasteiger partial charge on any atom is -0.496 e. The Morgan fingerprint density at radius 2 is 2.05 bits per heavy atom. The van der Waals surface area contributed by atoms with Crippen molar-refractivity contribution in [1.29, 1.82) is 0 Å². The topological polar surface area (TPSA) is 85.4 Å². The van der Waals surface area contributed by atoms with E-state index in [0.29, 0.717) is 16.0 Å². The van der Waals surface area contributed by atoms with Crippen LogP contribution in [0.2, 0.25) is 0 Å². The molecule has 0 aliphatic heterocycles. The van der Waals surface area contributed by atoms with Crippen LogP contribution in [0.3, 0.4) is 0 Å². The zero-order valence-electron chi connectivity index (χ0n) is 11.2. The lowest BCUT2D eigenvalue weighted by Gasteiger charge is -2.07. The van der Waals surface area contributed by atoms with Crippen molar-refractivity contribution < 1.29 is 14.6 Å². The van der Waals surface area contributed by atoms with Crippen molar-refractivity contribution in [2.45, 2.75) is 0 Å². The van der Waals surface area contributed by atoms with Gasteiger partial charge in [-0.1, -0.05) is 12.1 Å². The van der Waals surface area contributed by atoms with Gasteiger partial charge in [-0.05, 0) is 24.3 Å². The molecule has 2 aromatic heterocycles. The maximum absolute atomic E-state index is 11.1. The van der Waals surface area contributed by atoms with Crippen molar-refractivity contribution in [3.63, 3.8) is 0 Å². The lowest BCUT2D eigenvalue weighted by molar-refractivity contribution is 0.0703. The molecule has 106 valence electrons. The number of hydrogen-bond donors (Lipinski definition) is 2. The largest absolute Gasteiger partial charge is 0.496 e. The Kier molecular flexibility index (Phi) is 3.23. The van der Waals surface area contributed by atoms with Crippen molar-refractivity contribution in [3.05, 3.63) is 41.3 Å². The first-order valence-corrected chi connectivity index (χ1v) is 6.99. The molecule has 0 saturated carbocycles. The van der Waals surface area contributed by atoms with Gasteiger partial charge in [0.25, 0.3) is 0 Å². The third-order valence-electron chi connectivity index (χ3n) is 3.17. The van der Waals surface area contributed by atoms with Gasteiger partial charge >= 0.3 is 5.97 Å². The third-order valence-corrected chi connectivity index (χ3v) is 4.27. The lowest BCUT2D eigenvalue weighted by Crippen LogP contribution is -1.96. The van der Waals surface area contributed by atoms with Crippen LogP contribution in [0.25, 0.3) is 21.5 Å². The molecule has 6 heteroatoms. The number of hydrogen-bond acceptors (Lipinski definition) is 5. The van der Waals surface area contributed by atoms with Crippen molar-refractivity contribution in [2.75, 3.05) is 12.8 Å². The van der Waals surface area contributed by atoms with Gasteiger partial charge in [0, 0.05) is 10.9 Å². The number of methoxy groups -OCH3 is 1. The summed E-state index contributed by atoms with van der Waals surface area (Å²) in [7, 11) is 1.60. The van der Waals surface area contributed by atoms with Crippen LogP contribution in [0, 0.1) is 0 Å². The predicted molar refractivity (Wildman–Crippen MR) is 83.0 cm³/mol. The summed E-state index contributed by atoms with van der Waals surface area (Å²) in [5, 5.41) is 9.78. The molecule has 0 aliphatic carbocycles. The molecule has 0 saturated heterocycles. The molecule has 0 radical (unpaired) electrons. The first-order chi connectivity index (χ1) is 10.1. The maximum Gasteiger partial charge on any atom is 0.348 e. The molecule has 0 aliphatic rings. The number of nitrogens with two attached hydrogens (primary N) is 1. The van der Waals surface area contributed by atoms with Crippen LogP contribution in [0.5, 0.6) is 5.75 Å². The Morgan fingerprint density at radius 3 is 2.76 bits per heavy atom. The number of rotatable bonds is 3. The molecule has 0 atom stereocenters. The Labute approximate surface area is 124 Å². The average Bonchev–Trinajstić information content (AvgIpc) is 2.84. The monoisotopic (exact) mass is 300 g/mol. The number of ether oxygens (including phenoxy) is 1. The number of nitrogens with zero attached hydrogens (tertiary/aromatic N) is 1. The number of carboxylic acids is 1. The quantitative estimate of drug-likeness (QED) is 0.775. The number of aromatic carboxylic acids is 1. The molecule has 3 rings (SSSR count). The molecular weight excluding hydrogens is 288 g/mol. The van der Waals surface area contributed by atoms with Crippen LogP contribution >= 0.6 is 11.3 Å². The summed E-state index contributed by atoms with van der Waals surface area (Å²) in [6, 6.07) is 11.1. The second-order valence-corrected chi connectivity index (χ2v) is 5.40. The summed E-state index contributed by atoms with van der Waals surface area (Å²) in [5.74, 6) is -0.318. The number of anilines is 1. The highest BCUT2D eigenvalue weighted by Gasteiger charge is 2.17. The summed E-state index contributed by atoms with van der Waals surface area (Å²) in [4.78, 5) is 16.4. The van der Waals surface area contributed by atoms with Crippen LogP contribution in [0.1, 0.15) is 9.67 Å². The molecule has 21 heavy (non-hydrogen) atoms. The summed E-state index contributed by atoms with van der Waals surface area (Å²) in [5.41, 5.74) is 7.69. The van der Waals surface area contributed by atoms with E-state index < -0.39 is 5.97 Å². The fraction of sp³-hybridized carbons (Fsp3) is 0.0667. The standard InChI is InChI=1S/C15H12N2O3S/c1-20-11-5-3-2-4-8(11)10-7-6-9-12(16)13(15(18)19)21-14(9)17-10/h2-7H,16H2,1H3,(H,18,19). The van der Waals surface area contributed by atoms with E-state index in [-0.39, 0.29) is 10.6 Å². The first-order valence-electron chi connectivity index (χ1n) is 6.17. The molecule has 3 N–H and O–H groups in total. The molecule has 0 bridgehead atoms. The first kappa shape index (κ1) is 13.4. The summed E-state index contributed by atoms with van der Waals surface area (Å²) < 4.78 is 5.32. The van der Waals surface area contributed by atoms with Crippen molar-refractivity contribution in [3.8, 4) is 17.0 Å². The van der Waals surface area contributed by atoms with Gasteiger partial charge in [-0.15, -0.1) is 11.3 Å². The Balaban J connectivity index is 2.20. The van der Waals surface area contributed by atoms with E-state index in [9.17, 15) is 4.79 Å². The highest BCUT2D eigenvalue weighted by atomic mass is 32.1. The molecule has 0 spiro atoms. The molecule has 0 amide bonds. The zero-order valence-corrected chi connectivity index (χ0v) is 12.0. The zero-order chi connectivity index (χ0) is 15.0. The number of fused-ring (bicyclic) bond motifs is 1. The fourth-order valence-corrected chi connectivity index (χ4v) is 3.09. The van der Waals surface area contributed by atoms with Gasteiger partial charge in [0.2, 0.25) is 0 Å². The van der Waals surface area contributed by atoms with Crippen molar-refractivity contribution >= 4 is 33.2 Å². The average molecular weight is 300 g/mol. The highest BCUT2D eigenvalue weighted by Crippen LogP contribution is 2.35. The van der Waals surface area contributed by atoms with Gasteiger partial charge in [0.1, 0.15) is 15.5 Å². The minimum absolute atomic E-state index is 0.120. The predicted octanol–water partition coefficient (Wildman–Crippen LogP) is 3.25. The van der Waals surface area contributed by atoms with Crippen molar-refractivity contribution in [1.82, 2.24) is 4.98 Å². The van der Waals surface area contributed by atoms with Crippen molar-refractivity contribution in [2.24, 2.45) is 0 Å². The van der Waals surface area contributed by atoms with Gasteiger partial charge in [-0.2, -0.15) is 0 Å². The number of benzene rings is 1. The molecule has 2 heterocycles. The molecule has 1 aromatic carbocycles. The van der Waals surface area contributed by atoms with Crippen LogP contribution in [-0.4, -0.2) is 23.2 Å². The van der Waals surface area contributed by atoms with Crippen LogP contribution in [-0.2, 0) is 0 Å². The molecular formula is C15H12N2O3S. The van der Waals surface area contributed by atoms with E-state index in [2.05, 4.69) is 4.98 Å². The molecule has 0 fully saturated rings. The summed E-state index contributed by atoms with van der Waals surface area (Å²) >= 11 is 1.08. The van der Waals surface area contributed by atoms with E-state index in [4.69, 9.17) is 15.6 Å². The molecule has 5 nitrogen and oxygen atoms in total. The number of pyridine rings is 1.